The predicted octanol–water partition coefficient (Wildman–Crippen LogP) is 3.61. The number of nitrogens with zero attached hydrogens (tertiary/aromatic N) is 1. The van der Waals surface area contributed by atoms with E-state index in [1.165, 1.54) is 0 Å². The van der Waals surface area contributed by atoms with Crippen molar-refractivity contribution in [2.75, 3.05) is 6.79 Å². The van der Waals surface area contributed by atoms with Crippen LogP contribution in [-0.4, -0.2) is 17.6 Å². The van der Waals surface area contributed by atoms with Crippen molar-refractivity contribution in [2.45, 2.75) is 12.8 Å². The number of halogens is 1. The summed E-state index contributed by atoms with van der Waals surface area (Å²) in [5.74, 6) is 1.76. The summed E-state index contributed by atoms with van der Waals surface area (Å²) in [4.78, 5) is 16.1. The van der Waals surface area contributed by atoms with Crippen LogP contribution in [-0.2, 0) is 4.79 Å². The van der Waals surface area contributed by atoms with Gasteiger partial charge in [-0.05, 0) is 37.1 Å². The van der Waals surface area contributed by atoms with Crippen molar-refractivity contribution < 1.29 is 14.3 Å². The number of hydrogen-bond acceptors (Lipinski definition) is 4. The Kier molecular flexibility index (Phi) is 2.86. The summed E-state index contributed by atoms with van der Waals surface area (Å²) in [5.41, 5.74) is 1.48. The van der Waals surface area contributed by atoms with Crippen molar-refractivity contribution in [1.29, 1.82) is 0 Å². The van der Waals surface area contributed by atoms with Crippen molar-refractivity contribution in [3.05, 3.63) is 35.0 Å². The zero-order valence-electron chi connectivity index (χ0n) is 11.1. The smallest absolute Gasteiger partial charge is 0.231 e. The maximum Gasteiger partial charge on any atom is 0.231 e. The van der Waals surface area contributed by atoms with Crippen LogP contribution in [0.3, 0.4) is 0 Å². The highest BCUT2D eigenvalue weighted by Crippen LogP contribution is 2.36. The zero-order valence-corrected chi connectivity index (χ0v) is 11.9. The van der Waals surface area contributed by atoms with Crippen LogP contribution in [0.5, 0.6) is 11.5 Å². The molecule has 0 N–H and O–H groups in total. The molecule has 4 rings (SSSR count). The standard InChI is InChI=1S/C16H12ClNO3/c17-16-10(3-4-13(19)9-1-2-9)5-11-6-14-15(21-8-20-14)7-12(11)18-16/h3-7,9H,1-2,8H2. The number of ketones is 1. The highest BCUT2D eigenvalue weighted by atomic mass is 35.5. The molecule has 1 aliphatic carbocycles. The number of pyridine rings is 1. The number of carbonyl (C=O) groups excluding carboxylic acids is 1. The van der Waals surface area contributed by atoms with Gasteiger partial charge in [0.1, 0.15) is 5.15 Å². The number of hydrogen-bond donors (Lipinski definition) is 0. The minimum absolute atomic E-state index is 0.164. The molecule has 0 bridgehead atoms. The highest BCUT2D eigenvalue weighted by Gasteiger charge is 2.27. The van der Waals surface area contributed by atoms with Gasteiger partial charge >= 0.3 is 0 Å². The van der Waals surface area contributed by atoms with Crippen LogP contribution in [0.2, 0.25) is 5.15 Å². The van der Waals surface area contributed by atoms with Gasteiger partial charge in [-0.2, -0.15) is 0 Å². The third-order valence-corrected chi connectivity index (χ3v) is 4.00. The minimum Gasteiger partial charge on any atom is -0.454 e. The van der Waals surface area contributed by atoms with Crippen molar-refractivity contribution in [2.24, 2.45) is 5.92 Å². The molecule has 0 amide bonds. The summed E-state index contributed by atoms with van der Waals surface area (Å²) in [6, 6.07) is 5.59. The summed E-state index contributed by atoms with van der Waals surface area (Å²) in [6.45, 7) is 0.224. The average molecular weight is 302 g/mol. The molecule has 1 aromatic heterocycles. The van der Waals surface area contributed by atoms with E-state index in [-0.39, 0.29) is 18.5 Å². The van der Waals surface area contributed by atoms with Gasteiger partial charge in [0.2, 0.25) is 6.79 Å². The van der Waals surface area contributed by atoms with Crippen LogP contribution >= 0.6 is 11.6 Å². The lowest BCUT2D eigenvalue weighted by atomic mass is 10.1. The monoisotopic (exact) mass is 301 g/mol. The first-order valence-electron chi connectivity index (χ1n) is 6.82. The Bertz CT molecular complexity index is 781. The molecule has 1 aliphatic heterocycles. The summed E-state index contributed by atoms with van der Waals surface area (Å²) in [6.07, 6.45) is 5.33. The maximum atomic E-state index is 11.7. The Morgan fingerprint density at radius 1 is 1.24 bits per heavy atom. The molecule has 2 aromatic rings. The first kappa shape index (κ1) is 12.7. The summed E-state index contributed by atoms with van der Waals surface area (Å²) in [7, 11) is 0. The normalized spacial score (nSPS) is 16.8. The largest absolute Gasteiger partial charge is 0.454 e. The van der Waals surface area contributed by atoms with E-state index >= 15 is 0 Å². The summed E-state index contributed by atoms with van der Waals surface area (Å²) in [5, 5.41) is 1.28. The SMILES string of the molecule is O=C(C=Cc1cc2cc3c(cc2nc1Cl)OCO3)C1CC1. The molecule has 2 heterocycles. The average Bonchev–Trinajstić information content (AvgIpc) is 3.22. The van der Waals surface area contributed by atoms with E-state index in [4.69, 9.17) is 21.1 Å². The first-order chi connectivity index (χ1) is 10.2. The van der Waals surface area contributed by atoms with Gasteiger partial charge in [-0.3, -0.25) is 4.79 Å². The van der Waals surface area contributed by atoms with Crippen LogP contribution in [0, 0.1) is 5.92 Å². The molecule has 5 heteroatoms. The van der Waals surface area contributed by atoms with Crippen LogP contribution in [0.4, 0.5) is 0 Å². The fourth-order valence-electron chi connectivity index (χ4n) is 2.35. The number of fused-ring (bicyclic) bond motifs is 2. The second-order valence-electron chi connectivity index (χ2n) is 5.28. The van der Waals surface area contributed by atoms with Crippen molar-refractivity contribution in [1.82, 2.24) is 4.98 Å². The Labute approximate surface area is 126 Å². The van der Waals surface area contributed by atoms with E-state index < -0.39 is 0 Å². The third-order valence-electron chi connectivity index (χ3n) is 3.70. The number of ether oxygens (including phenoxy) is 2. The molecular weight excluding hydrogens is 290 g/mol. The van der Waals surface area contributed by atoms with Gasteiger partial charge in [0.15, 0.2) is 17.3 Å². The second-order valence-corrected chi connectivity index (χ2v) is 5.63. The summed E-state index contributed by atoms with van der Waals surface area (Å²) >= 11 is 6.19. The number of rotatable bonds is 3. The molecule has 0 radical (unpaired) electrons. The van der Waals surface area contributed by atoms with Gasteiger partial charge in [0.25, 0.3) is 0 Å². The number of benzene rings is 1. The topological polar surface area (TPSA) is 48.4 Å². The molecule has 0 atom stereocenters. The lowest BCUT2D eigenvalue weighted by molar-refractivity contribution is -0.115. The van der Waals surface area contributed by atoms with Crippen molar-refractivity contribution in [3.63, 3.8) is 0 Å². The molecule has 2 aliphatic rings. The number of aromatic nitrogens is 1. The predicted molar refractivity (Wildman–Crippen MR) is 79.6 cm³/mol. The molecule has 0 saturated heterocycles. The molecule has 0 spiro atoms. The lowest BCUT2D eigenvalue weighted by Crippen LogP contribution is -1.94. The highest BCUT2D eigenvalue weighted by molar-refractivity contribution is 6.31. The summed E-state index contributed by atoms with van der Waals surface area (Å²) < 4.78 is 10.7. The molecular formula is C16H12ClNO3. The fraction of sp³-hybridized carbons (Fsp3) is 0.250. The van der Waals surface area contributed by atoms with Crippen molar-refractivity contribution in [3.8, 4) is 11.5 Å². The van der Waals surface area contributed by atoms with Crippen LogP contribution in [0.15, 0.2) is 24.3 Å². The van der Waals surface area contributed by atoms with Crippen LogP contribution in [0.25, 0.3) is 17.0 Å². The third kappa shape index (κ3) is 2.36. The van der Waals surface area contributed by atoms with Gasteiger partial charge in [-0.1, -0.05) is 11.6 Å². The van der Waals surface area contributed by atoms with Gasteiger partial charge in [0, 0.05) is 22.9 Å². The minimum atomic E-state index is 0.164. The first-order valence-corrected chi connectivity index (χ1v) is 7.20. The van der Waals surface area contributed by atoms with E-state index in [0.29, 0.717) is 16.7 Å². The molecule has 1 aromatic carbocycles. The van der Waals surface area contributed by atoms with E-state index in [1.807, 2.05) is 18.2 Å². The second kappa shape index (κ2) is 4.74. The van der Waals surface area contributed by atoms with Gasteiger partial charge < -0.3 is 9.47 Å². The Hall–Kier alpha value is -2.07. The Balaban J connectivity index is 1.73. The quantitative estimate of drug-likeness (QED) is 0.642. The fourth-order valence-corrected chi connectivity index (χ4v) is 2.56. The Morgan fingerprint density at radius 2 is 2.00 bits per heavy atom. The van der Waals surface area contributed by atoms with Crippen LogP contribution in [0.1, 0.15) is 18.4 Å². The Morgan fingerprint density at radius 3 is 2.76 bits per heavy atom. The molecule has 106 valence electrons. The molecule has 1 fully saturated rings. The number of allylic oxidation sites excluding steroid dienone is 1. The lowest BCUT2D eigenvalue weighted by Gasteiger charge is -2.04. The molecule has 1 saturated carbocycles. The van der Waals surface area contributed by atoms with E-state index in [9.17, 15) is 4.79 Å². The number of carbonyl (C=O) groups is 1. The van der Waals surface area contributed by atoms with E-state index in [0.717, 1.165) is 29.3 Å². The van der Waals surface area contributed by atoms with Crippen molar-refractivity contribution >= 4 is 34.4 Å². The maximum absolute atomic E-state index is 11.7. The van der Waals surface area contributed by atoms with E-state index in [1.54, 1.807) is 12.2 Å². The van der Waals surface area contributed by atoms with Gasteiger partial charge in [0.05, 0.1) is 5.52 Å². The van der Waals surface area contributed by atoms with Gasteiger partial charge in [-0.25, -0.2) is 4.98 Å². The zero-order chi connectivity index (χ0) is 14.4. The van der Waals surface area contributed by atoms with Gasteiger partial charge in [-0.15, -0.1) is 0 Å². The molecule has 0 unspecified atom stereocenters. The van der Waals surface area contributed by atoms with E-state index in [2.05, 4.69) is 4.98 Å². The molecule has 4 nitrogen and oxygen atoms in total. The van der Waals surface area contributed by atoms with Crippen LogP contribution < -0.4 is 9.47 Å². The molecule has 21 heavy (non-hydrogen) atoms.